The van der Waals surface area contributed by atoms with E-state index in [-0.39, 0.29) is 19.0 Å². The van der Waals surface area contributed by atoms with Gasteiger partial charge >= 0.3 is 12.3 Å². The molecule has 1 aliphatic carbocycles. The van der Waals surface area contributed by atoms with E-state index in [1.54, 1.807) is 18.1 Å². The summed E-state index contributed by atoms with van der Waals surface area (Å²) < 4.78 is 52.8. The minimum Gasteiger partial charge on any atom is -0.437 e. The van der Waals surface area contributed by atoms with E-state index in [1.807, 2.05) is 11.5 Å². The summed E-state index contributed by atoms with van der Waals surface area (Å²) in [4.78, 5) is 34.8. The van der Waals surface area contributed by atoms with Gasteiger partial charge in [-0.1, -0.05) is 0 Å². The van der Waals surface area contributed by atoms with Crippen LogP contribution in [0.3, 0.4) is 0 Å². The molecule has 1 saturated heterocycles. The number of carbonyl (C=O) groups excluding carboxylic acids is 2. The Morgan fingerprint density at radius 3 is 2.53 bits per heavy atom. The molecule has 32 heavy (non-hydrogen) atoms. The molecule has 1 aromatic heterocycles. The van der Waals surface area contributed by atoms with Crippen LogP contribution in [0.25, 0.3) is 0 Å². The minimum atomic E-state index is -4.60. The Morgan fingerprint density at radius 1 is 1.28 bits per heavy atom. The number of likely N-dealkylation sites (tertiary alicyclic amines) is 1. The molecule has 1 atom stereocenters. The lowest BCUT2D eigenvalue weighted by Crippen LogP contribution is -2.55. The fourth-order valence-electron chi connectivity index (χ4n) is 4.21. The number of imidazole rings is 1. The Labute approximate surface area is 186 Å². The first-order valence-corrected chi connectivity index (χ1v) is 10.9. The average Bonchev–Trinajstić information content (AvgIpc) is 3.36. The quantitative estimate of drug-likeness (QED) is 0.694. The predicted molar refractivity (Wildman–Crippen MR) is 109 cm³/mol. The molecule has 0 bridgehead atoms. The first-order valence-electron chi connectivity index (χ1n) is 11.4. The highest BCUT2D eigenvalue weighted by molar-refractivity contribution is 5.92. The van der Waals surface area contributed by atoms with Gasteiger partial charge in [-0.3, -0.25) is 9.69 Å². The van der Waals surface area contributed by atoms with Crippen LogP contribution in [0.15, 0.2) is 6.20 Å². The summed E-state index contributed by atoms with van der Waals surface area (Å²) in [7, 11) is 1.69. The third-order valence-electron chi connectivity index (χ3n) is 6.89. The number of rotatable bonds is 4. The zero-order valence-corrected chi connectivity index (χ0v) is 18.6. The molecule has 1 unspecified atom stereocenters. The monoisotopic (exact) mass is 458 g/mol. The van der Waals surface area contributed by atoms with E-state index < -0.39 is 29.9 Å². The molecule has 0 aromatic carbocycles. The molecule has 2 fully saturated rings. The molecule has 0 N–H and O–H groups in total. The third kappa shape index (κ3) is 4.57. The van der Waals surface area contributed by atoms with Gasteiger partial charge in [-0.05, 0) is 39.5 Å². The average molecular weight is 459 g/mol. The van der Waals surface area contributed by atoms with Crippen LogP contribution in [0.5, 0.6) is 0 Å². The van der Waals surface area contributed by atoms with Crippen molar-refractivity contribution in [3.05, 3.63) is 17.7 Å². The number of ether oxygens (including phenoxy) is 1. The highest BCUT2D eigenvalue weighted by Gasteiger charge is 2.42. The van der Waals surface area contributed by atoms with Crippen molar-refractivity contribution in [2.75, 3.05) is 26.7 Å². The number of fused-ring (bicyclic) bond motifs is 1. The van der Waals surface area contributed by atoms with Crippen molar-refractivity contribution < 1.29 is 28.9 Å². The van der Waals surface area contributed by atoms with Gasteiger partial charge in [-0.2, -0.15) is 13.2 Å². The number of alkyl halides is 3. The fourth-order valence-corrected chi connectivity index (χ4v) is 4.21. The Bertz CT molecular complexity index is 925. The molecule has 3 aliphatic rings. The number of hydrogen-bond acceptors (Lipinski definition) is 5. The van der Waals surface area contributed by atoms with Crippen LogP contribution in [-0.2, 0) is 17.8 Å². The molecule has 2 amide bonds. The summed E-state index contributed by atoms with van der Waals surface area (Å²) in [5, 5.41) is 0. The van der Waals surface area contributed by atoms with Gasteiger partial charge in [0.2, 0.25) is 0 Å². The lowest BCUT2D eigenvalue weighted by Gasteiger charge is -2.44. The first-order chi connectivity index (χ1) is 15.3. The van der Waals surface area contributed by atoms with Crippen LogP contribution in [-0.4, -0.2) is 86.8 Å². The van der Waals surface area contributed by atoms with Crippen molar-refractivity contribution in [3.8, 4) is 0 Å². The maximum absolute atomic E-state index is 13.2. The largest absolute Gasteiger partial charge is 0.437 e. The molecular formula is C21H30F3N5O3. The fraction of sp³-hybridized carbons (Fsp3) is 0.762. The van der Waals surface area contributed by atoms with Crippen LogP contribution in [0, 0.1) is 0 Å². The number of carbonyl (C=O) groups is 2. The standard InChI is InChI=1S/C21H30F3N5O3/c1-14(21(22,23)24)32-19(31)27-8-6-20(2,7-9-27)26(3)18(30)16-12-29-11-10-28(15-4-5-15)13-17(29)25-16/h12,14-15H,4-11,13H2,1-3H3/i15D. The molecule has 3 heterocycles. The predicted octanol–water partition coefficient (Wildman–Crippen LogP) is 2.88. The van der Waals surface area contributed by atoms with Crippen molar-refractivity contribution in [2.45, 2.75) is 76.5 Å². The van der Waals surface area contributed by atoms with Gasteiger partial charge in [0.05, 0.1) is 6.54 Å². The number of halogens is 3. The molecule has 1 saturated carbocycles. The van der Waals surface area contributed by atoms with Gasteiger partial charge in [0.15, 0.2) is 6.10 Å². The van der Waals surface area contributed by atoms with E-state index >= 15 is 0 Å². The highest BCUT2D eigenvalue weighted by Crippen LogP contribution is 2.32. The SMILES string of the molecule is [2H]C1(N2CCn3cc(C(=O)N(C)C4(C)CCN(C(=O)OC(C)C(F)(F)F)CC4)nc3C2)CC1. The Kier molecular flexibility index (Phi) is 5.55. The number of aromatic nitrogens is 2. The summed E-state index contributed by atoms with van der Waals surface area (Å²) >= 11 is 0. The van der Waals surface area contributed by atoms with Gasteiger partial charge in [-0.25, -0.2) is 9.78 Å². The normalized spacial score (nSPS) is 23.7. The van der Waals surface area contributed by atoms with Crippen molar-refractivity contribution in [1.82, 2.24) is 24.3 Å². The molecule has 11 heteroatoms. The smallest absolute Gasteiger partial charge is 0.425 e. The number of hydrogen-bond donors (Lipinski definition) is 0. The summed E-state index contributed by atoms with van der Waals surface area (Å²) in [5.74, 6) is 0.540. The molecule has 1 aromatic rings. The second-order valence-electron chi connectivity index (χ2n) is 9.14. The van der Waals surface area contributed by atoms with Crippen LogP contribution < -0.4 is 0 Å². The summed E-state index contributed by atoms with van der Waals surface area (Å²) in [6.07, 6.45) is -3.47. The second kappa shape index (κ2) is 8.24. The van der Waals surface area contributed by atoms with E-state index in [0.717, 1.165) is 32.1 Å². The van der Waals surface area contributed by atoms with Crippen molar-refractivity contribution >= 4 is 12.0 Å². The molecule has 2 aliphatic heterocycles. The third-order valence-corrected chi connectivity index (χ3v) is 6.89. The Hall–Kier alpha value is -2.30. The van der Waals surface area contributed by atoms with E-state index in [9.17, 15) is 22.8 Å². The van der Waals surface area contributed by atoms with Gasteiger partial charge in [0.25, 0.3) is 5.91 Å². The highest BCUT2D eigenvalue weighted by atomic mass is 19.4. The van der Waals surface area contributed by atoms with E-state index in [1.165, 1.54) is 4.90 Å². The van der Waals surface area contributed by atoms with Crippen molar-refractivity contribution in [2.24, 2.45) is 0 Å². The summed E-state index contributed by atoms with van der Waals surface area (Å²) in [5.41, 5.74) is -0.231. The van der Waals surface area contributed by atoms with Gasteiger partial charge in [0, 0.05) is 52.4 Å². The van der Waals surface area contributed by atoms with Gasteiger partial charge in [-0.15, -0.1) is 0 Å². The van der Waals surface area contributed by atoms with Crippen LogP contribution in [0.4, 0.5) is 18.0 Å². The second-order valence-corrected chi connectivity index (χ2v) is 9.14. The lowest BCUT2D eigenvalue weighted by molar-refractivity contribution is -0.200. The molecule has 0 spiro atoms. The van der Waals surface area contributed by atoms with Crippen LogP contribution in [0.2, 0.25) is 0 Å². The molecule has 0 radical (unpaired) electrons. The zero-order valence-electron chi connectivity index (χ0n) is 19.6. The molecule has 178 valence electrons. The maximum atomic E-state index is 13.2. The van der Waals surface area contributed by atoms with Gasteiger partial charge in [0.1, 0.15) is 11.5 Å². The topological polar surface area (TPSA) is 70.9 Å². The van der Waals surface area contributed by atoms with E-state index in [2.05, 4.69) is 14.6 Å². The first kappa shape index (κ1) is 21.5. The van der Waals surface area contributed by atoms with Crippen molar-refractivity contribution in [1.29, 1.82) is 0 Å². The van der Waals surface area contributed by atoms with Crippen LogP contribution >= 0.6 is 0 Å². The molecular weight excluding hydrogens is 427 g/mol. The number of piperidine rings is 1. The Morgan fingerprint density at radius 2 is 1.94 bits per heavy atom. The van der Waals surface area contributed by atoms with Gasteiger partial charge < -0.3 is 19.1 Å². The maximum Gasteiger partial charge on any atom is 0.425 e. The summed E-state index contributed by atoms with van der Waals surface area (Å²) in [6, 6.07) is -0.487. The van der Waals surface area contributed by atoms with E-state index in [4.69, 9.17) is 1.37 Å². The zero-order chi connectivity index (χ0) is 24.2. The van der Waals surface area contributed by atoms with Crippen LogP contribution in [0.1, 0.15) is 57.2 Å². The molecule has 4 rings (SSSR count). The van der Waals surface area contributed by atoms with Crippen molar-refractivity contribution in [3.63, 3.8) is 0 Å². The minimum absolute atomic E-state index is 0.192. The number of amides is 2. The lowest BCUT2D eigenvalue weighted by atomic mass is 9.88. The number of nitrogens with zero attached hydrogens (tertiary/aromatic N) is 5. The molecule has 8 nitrogen and oxygen atoms in total. The summed E-state index contributed by atoms with van der Waals surface area (Å²) in [6.45, 7) is 5.08. The Balaban J connectivity index is 1.36. The van der Waals surface area contributed by atoms with E-state index in [0.29, 0.717) is 31.6 Å².